The Bertz CT molecular complexity index is 711. The molecule has 2 unspecified atom stereocenters. The third-order valence-corrected chi connectivity index (χ3v) is 5.71. The number of hydrogen-bond acceptors (Lipinski definition) is 5. The molecule has 7 heteroatoms. The second-order valence-corrected chi connectivity index (χ2v) is 7.70. The van der Waals surface area contributed by atoms with Gasteiger partial charge in [0.1, 0.15) is 18.4 Å². The molecule has 1 saturated carbocycles. The number of esters is 1. The van der Waals surface area contributed by atoms with Crippen LogP contribution in [0.2, 0.25) is 0 Å². The second kappa shape index (κ2) is 7.78. The molecule has 1 heterocycles. The van der Waals surface area contributed by atoms with Gasteiger partial charge in [0.2, 0.25) is 11.8 Å². The fourth-order valence-corrected chi connectivity index (χ4v) is 4.21. The third-order valence-electron chi connectivity index (χ3n) is 5.22. The minimum Gasteiger partial charge on any atom is -0.496 e. The first-order valence-electron chi connectivity index (χ1n) is 8.80. The van der Waals surface area contributed by atoms with Gasteiger partial charge in [0.05, 0.1) is 18.9 Å². The zero-order valence-corrected chi connectivity index (χ0v) is 16.5. The molecule has 0 aromatic heterocycles. The van der Waals surface area contributed by atoms with E-state index in [4.69, 9.17) is 9.47 Å². The van der Waals surface area contributed by atoms with Crippen molar-refractivity contribution in [2.24, 2.45) is 11.8 Å². The number of rotatable bonds is 5. The average Bonchev–Trinajstić information content (AvgIpc) is 2.90. The monoisotopic (exact) mass is 423 g/mol. The quantitative estimate of drug-likeness (QED) is 0.537. The number of methoxy groups -OCH3 is 1. The summed E-state index contributed by atoms with van der Waals surface area (Å²) in [5.41, 5.74) is 0.704. The maximum atomic E-state index is 12.6. The fraction of sp³-hybridized carbons (Fsp3) is 0.526. The molecule has 2 aliphatic rings. The van der Waals surface area contributed by atoms with Crippen LogP contribution in [-0.4, -0.2) is 35.8 Å². The Balaban J connectivity index is 1.67. The highest BCUT2D eigenvalue weighted by molar-refractivity contribution is 9.10. The van der Waals surface area contributed by atoms with Crippen molar-refractivity contribution in [2.45, 2.75) is 45.3 Å². The fourth-order valence-electron chi connectivity index (χ4n) is 3.80. The number of carbonyl (C=O) groups excluding carboxylic acids is 3. The molecule has 0 radical (unpaired) electrons. The maximum absolute atomic E-state index is 12.6. The first-order chi connectivity index (χ1) is 12.4. The number of likely N-dealkylation sites (tertiary alicyclic amines) is 1. The molecule has 2 fully saturated rings. The first kappa shape index (κ1) is 18.9. The number of hydrogen-bond donors (Lipinski definition) is 0. The minimum atomic E-state index is -0.918. The number of ether oxygens (including phenoxy) is 2. The number of fused-ring (bicyclic) bond motifs is 1. The Labute approximate surface area is 161 Å². The van der Waals surface area contributed by atoms with Gasteiger partial charge in [-0.15, -0.1) is 0 Å². The zero-order valence-electron chi connectivity index (χ0n) is 14.9. The lowest BCUT2D eigenvalue weighted by atomic mass is 9.81. The molecule has 6 nitrogen and oxygen atoms in total. The molecule has 1 aromatic carbocycles. The van der Waals surface area contributed by atoms with Crippen molar-refractivity contribution in [1.29, 1.82) is 0 Å². The van der Waals surface area contributed by atoms with Crippen LogP contribution in [0.15, 0.2) is 22.7 Å². The normalized spacial score (nSPS) is 23.6. The number of benzene rings is 1. The number of amides is 2. The Morgan fingerprint density at radius 3 is 2.42 bits per heavy atom. The molecule has 0 N–H and O–H groups in total. The van der Waals surface area contributed by atoms with Crippen molar-refractivity contribution in [3.05, 3.63) is 28.2 Å². The molecule has 1 aromatic rings. The van der Waals surface area contributed by atoms with Crippen molar-refractivity contribution in [3.63, 3.8) is 0 Å². The predicted octanol–water partition coefficient (Wildman–Crippen LogP) is 3.06. The van der Waals surface area contributed by atoms with Crippen molar-refractivity contribution in [3.8, 4) is 5.75 Å². The maximum Gasteiger partial charge on any atom is 0.329 e. The molecule has 1 saturated heterocycles. The van der Waals surface area contributed by atoms with Crippen molar-refractivity contribution >= 4 is 33.7 Å². The minimum absolute atomic E-state index is 0.00879. The number of halogens is 1. The lowest BCUT2D eigenvalue weighted by Crippen LogP contribution is -2.44. The average molecular weight is 424 g/mol. The predicted molar refractivity (Wildman–Crippen MR) is 97.3 cm³/mol. The van der Waals surface area contributed by atoms with E-state index in [1.54, 1.807) is 26.2 Å². The van der Waals surface area contributed by atoms with Crippen LogP contribution in [0.25, 0.3) is 0 Å². The van der Waals surface area contributed by atoms with Crippen LogP contribution in [0, 0.1) is 11.8 Å². The molecule has 1 aliphatic carbocycles. The highest BCUT2D eigenvalue weighted by Gasteiger charge is 2.51. The van der Waals surface area contributed by atoms with Gasteiger partial charge in [-0.2, -0.15) is 0 Å². The van der Waals surface area contributed by atoms with Crippen LogP contribution in [0.4, 0.5) is 0 Å². The van der Waals surface area contributed by atoms with E-state index in [1.807, 2.05) is 6.07 Å². The number of carbonyl (C=O) groups is 3. The topological polar surface area (TPSA) is 72.9 Å². The second-order valence-electron chi connectivity index (χ2n) is 6.78. The van der Waals surface area contributed by atoms with Gasteiger partial charge in [-0.3, -0.25) is 14.5 Å². The summed E-state index contributed by atoms with van der Waals surface area (Å²) >= 11 is 3.37. The summed E-state index contributed by atoms with van der Waals surface area (Å²) in [6, 6.07) is 4.49. The number of imide groups is 1. The van der Waals surface area contributed by atoms with Gasteiger partial charge in [0.15, 0.2) is 0 Å². The lowest BCUT2D eigenvalue weighted by molar-refractivity contribution is -0.159. The molecular weight excluding hydrogens is 402 g/mol. The Morgan fingerprint density at radius 2 is 1.85 bits per heavy atom. The van der Waals surface area contributed by atoms with Gasteiger partial charge in [-0.25, -0.2) is 4.79 Å². The van der Waals surface area contributed by atoms with Gasteiger partial charge in [0.25, 0.3) is 0 Å². The molecule has 0 spiro atoms. The summed E-state index contributed by atoms with van der Waals surface area (Å²) in [5, 5.41) is 0. The van der Waals surface area contributed by atoms with Crippen LogP contribution in [0.3, 0.4) is 0 Å². The Morgan fingerprint density at radius 1 is 1.23 bits per heavy atom. The van der Waals surface area contributed by atoms with Crippen LogP contribution in [-0.2, 0) is 25.7 Å². The summed E-state index contributed by atoms with van der Waals surface area (Å²) in [6.07, 6.45) is 3.36. The summed E-state index contributed by atoms with van der Waals surface area (Å²) in [6.45, 7) is 1.56. The van der Waals surface area contributed by atoms with Gasteiger partial charge in [-0.05, 0) is 38.0 Å². The summed E-state index contributed by atoms with van der Waals surface area (Å²) in [5.74, 6) is -0.984. The van der Waals surface area contributed by atoms with E-state index in [9.17, 15) is 14.4 Å². The van der Waals surface area contributed by atoms with Gasteiger partial charge in [-0.1, -0.05) is 28.8 Å². The van der Waals surface area contributed by atoms with Crippen molar-refractivity contribution in [2.75, 3.05) is 7.11 Å². The molecule has 3 atom stereocenters. The van der Waals surface area contributed by atoms with Crippen LogP contribution in [0.1, 0.15) is 38.2 Å². The van der Waals surface area contributed by atoms with Crippen LogP contribution in [0.5, 0.6) is 5.75 Å². The number of nitrogens with zero attached hydrogens (tertiary/aromatic N) is 1. The molecule has 140 valence electrons. The molecular formula is C19H22BrNO5. The van der Waals surface area contributed by atoms with Gasteiger partial charge >= 0.3 is 5.97 Å². The van der Waals surface area contributed by atoms with E-state index in [0.717, 1.165) is 35.1 Å². The molecule has 0 bridgehead atoms. The van der Waals surface area contributed by atoms with Gasteiger partial charge in [0, 0.05) is 10.0 Å². The summed E-state index contributed by atoms with van der Waals surface area (Å²) in [7, 11) is 1.54. The summed E-state index contributed by atoms with van der Waals surface area (Å²) in [4.78, 5) is 38.7. The largest absolute Gasteiger partial charge is 0.496 e. The zero-order chi connectivity index (χ0) is 18.8. The van der Waals surface area contributed by atoms with E-state index in [1.165, 1.54) is 0 Å². The van der Waals surface area contributed by atoms with E-state index in [2.05, 4.69) is 15.9 Å². The Hall–Kier alpha value is -1.89. The molecule has 1 aliphatic heterocycles. The molecule has 26 heavy (non-hydrogen) atoms. The standard InChI is InChI=1S/C19H22BrNO5/c1-11(21-17(22)14-5-3-4-6-15(14)18(21)23)19(24)26-10-12-9-13(20)7-8-16(12)25-2/h7-9,11,14-15H,3-6,10H2,1-2H3/t11-,14?,15?/m0/s1. The smallest absolute Gasteiger partial charge is 0.329 e. The van der Waals surface area contributed by atoms with E-state index in [-0.39, 0.29) is 30.3 Å². The van der Waals surface area contributed by atoms with Crippen molar-refractivity contribution < 1.29 is 23.9 Å². The van der Waals surface area contributed by atoms with E-state index >= 15 is 0 Å². The van der Waals surface area contributed by atoms with Gasteiger partial charge < -0.3 is 9.47 Å². The highest BCUT2D eigenvalue weighted by Crippen LogP contribution is 2.39. The molecule has 3 rings (SSSR count). The SMILES string of the molecule is COc1ccc(Br)cc1COC(=O)[C@H](C)N1C(=O)C2CCCCC2C1=O. The third kappa shape index (κ3) is 3.49. The van der Waals surface area contributed by atoms with E-state index in [0.29, 0.717) is 11.3 Å². The van der Waals surface area contributed by atoms with E-state index < -0.39 is 12.0 Å². The first-order valence-corrected chi connectivity index (χ1v) is 9.59. The van der Waals surface area contributed by atoms with Crippen molar-refractivity contribution in [1.82, 2.24) is 4.90 Å². The Kier molecular flexibility index (Phi) is 5.65. The molecule has 2 amide bonds. The van der Waals surface area contributed by atoms with Crippen LogP contribution < -0.4 is 4.74 Å². The summed E-state index contributed by atoms with van der Waals surface area (Å²) < 4.78 is 11.5. The van der Waals surface area contributed by atoms with Crippen LogP contribution >= 0.6 is 15.9 Å². The lowest BCUT2D eigenvalue weighted by Gasteiger charge is -2.22. The highest BCUT2D eigenvalue weighted by atomic mass is 79.9.